The number of amides is 1. The molecule has 10 rings (SSSR count). The van der Waals surface area contributed by atoms with Gasteiger partial charge in [-0.3, -0.25) is 28.9 Å². The first-order valence-corrected chi connectivity index (χ1v) is 36.6. The number of aromatic nitrogens is 4. The number of hydrogen-bond donors (Lipinski definition) is 3. The monoisotopic (exact) mass is 1570 g/mol. The van der Waals surface area contributed by atoms with E-state index < -0.39 is 76.4 Å². The van der Waals surface area contributed by atoms with Crippen LogP contribution in [0.1, 0.15) is 202 Å². The second kappa shape index (κ2) is 39.0. The minimum Gasteiger partial charge on any atom is -0.497 e. The van der Waals surface area contributed by atoms with Crippen molar-refractivity contribution in [1.82, 2.24) is 30.2 Å². The van der Waals surface area contributed by atoms with Crippen LogP contribution in [-0.2, 0) is 52.5 Å². The molecule has 16 atom stereocenters. The second-order valence-corrected chi connectivity index (χ2v) is 31.9. The molecule has 0 unspecified atom stereocenters. The number of halogens is 3. The van der Waals surface area contributed by atoms with Crippen LogP contribution in [0.3, 0.4) is 0 Å². The quantitative estimate of drug-likeness (QED) is 0.0254. The van der Waals surface area contributed by atoms with Gasteiger partial charge in [0.25, 0.3) is 11.8 Å². The van der Waals surface area contributed by atoms with Crippen molar-refractivity contribution in [3.63, 3.8) is 0 Å². The van der Waals surface area contributed by atoms with E-state index in [-0.39, 0.29) is 105 Å². The third-order valence-electron chi connectivity index (χ3n) is 21.0. The van der Waals surface area contributed by atoms with E-state index in [0.29, 0.717) is 75.6 Å². The molecule has 4 saturated carbocycles. The Morgan fingerprint density at radius 2 is 1.05 bits per heavy atom. The van der Waals surface area contributed by atoms with Crippen molar-refractivity contribution in [3.05, 3.63) is 72.0 Å². The Balaban J connectivity index is -0.000000351. The molecule has 2 aromatic carbocycles. The maximum Gasteiger partial charge on any atom is 0.411 e. The van der Waals surface area contributed by atoms with E-state index in [1.165, 1.54) is 44.8 Å². The fourth-order valence-electron chi connectivity index (χ4n) is 15.3. The van der Waals surface area contributed by atoms with Gasteiger partial charge in [0.1, 0.15) is 53.6 Å². The molecule has 2 aromatic heterocycles. The normalized spacial score (nSPS) is 26.0. The molecule has 4 aromatic rings. The van der Waals surface area contributed by atoms with Crippen molar-refractivity contribution in [2.24, 2.45) is 70.0 Å². The third-order valence-corrected chi connectivity index (χ3v) is 21.5. The molecule has 6 fully saturated rings. The summed E-state index contributed by atoms with van der Waals surface area (Å²) < 4.78 is 139. The molecule has 27 heteroatoms. The number of nitrogens with one attached hydrogen (secondary N) is 1. The molecule has 4 aliphatic carbocycles. The maximum absolute atomic E-state index is 12.7. The van der Waals surface area contributed by atoms with Gasteiger partial charge in [0.05, 0.1) is 81.7 Å². The Hall–Kier alpha value is -7.28. The summed E-state index contributed by atoms with van der Waals surface area (Å²) >= 11 is 12.5. The summed E-state index contributed by atoms with van der Waals surface area (Å²) in [6.45, 7) is 28.2. The first-order valence-electron chi connectivity index (χ1n) is 44.9. The van der Waals surface area contributed by atoms with E-state index in [1.54, 1.807) is 78.3 Å². The summed E-state index contributed by atoms with van der Waals surface area (Å²) in [5, 5.41) is 22.2. The zero-order valence-electron chi connectivity index (χ0n) is 80.9. The zero-order valence-corrected chi connectivity index (χ0v) is 65.2. The lowest BCUT2D eigenvalue weighted by atomic mass is 9.78. The van der Waals surface area contributed by atoms with E-state index in [2.05, 4.69) is 38.4 Å². The fourth-order valence-corrected chi connectivity index (χ4v) is 15.7. The molecule has 3 N–H and O–H groups in total. The number of unbranched alkanes of at least 4 members (excludes halogenated alkanes) is 2. The second-order valence-electron chi connectivity index (χ2n) is 31.2. The lowest BCUT2D eigenvalue weighted by Crippen LogP contribution is -2.45. The van der Waals surface area contributed by atoms with Crippen LogP contribution in [0, 0.1) is 70.0 Å². The van der Waals surface area contributed by atoms with Gasteiger partial charge in [-0.2, -0.15) is 0 Å². The Labute approximate surface area is 664 Å². The van der Waals surface area contributed by atoms with Gasteiger partial charge >= 0.3 is 41.9 Å². The first-order chi connectivity index (χ1) is 57.5. The number of rotatable bonds is 24. The topological polar surface area (TPSA) is 310 Å². The summed E-state index contributed by atoms with van der Waals surface area (Å²) in [7, 11) is 5.78. The van der Waals surface area contributed by atoms with Crippen molar-refractivity contribution in [2.45, 2.75) is 216 Å². The number of carboxylic acids is 2. The van der Waals surface area contributed by atoms with Crippen LogP contribution in [0.4, 0.5) is 4.79 Å². The zero-order chi connectivity index (χ0) is 94.0. The van der Waals surface area contributed by atoms with Gasteiger partial charge in [-0.05, 0) is 168 Å². The SMILES string of the molecule is C.C=CCCC[C@@H]1[C@@H]2CC[C@@H](C2)[C@H]1OC(=O)C[C@H](C(=O)O)C(C)(C)C.C=CCCC[C@H]1[C@H]2CC[C@H](C2)[C@@H]1OC(=O)C[C@H](C(=O)O)C(C)(C)C.COC(=O)[C@@H]1[C@H](C)[C@@H](Oc2nc3cc(OC)ccc3nc2Cl)CN1C(=O)OC(C)(C)C.COC(=O)[C@H]1NC[C@H](Oc2nc3cc(OC)ccc3nc2Cl)[C@H]1C.Cl.[2HH].[2H][2H].[2H][2H].[2H][2H].[2H][2H].[2H][2H].[2H][2H].[2H][2H].[2H][2H].[2H][2H]. The van der Waals surface area contributed by atoms with Crippen LogP contribution >= 0.6 is 35.6 Å². The number of likely N-dealkylation sites (tertiary alicyclic amines) is 1. The van der Waals surface area contributed by atoms with E-state index in [9.17, 15) is 43.8 Å². The number of carbonyl (C=O) groups excluding carboxylic acids is 5. The van der Waals surface area contributed by atoms with Gasteiger partial charge in [0.15, 0.2) is 10.3 Å². The number of carboxylic acid groups (broad SMARTS) is 2. The van der Waals surface area contributed by atoms with E-state index in [1.807, 2.05) is 60.6 Å². The molecule has 0 radical (unpaired) electrons. The average Bonchev–Trinajstić information content (AvgIpc) is 1.59. The average molecular weight is 1570 g/mol. The maximum atomic E-state index is 12.7. The highest BCUT2D eigenvalue weighted by molar-refractivity contribution is 6.31. The van der Waals surface area contributed by atoms with Gasteiger partial charge in [-0.15, -0.1) is 25.6 Å². The predicted molar refractivity (Wildman–Crippen MR) is 424 cm³/mol. The molecular formula is C78H133Cl3N6O18. The smallest absolute Gasteiger partial charge is 0.411 e. The molecule has 2 saturated heterocycles. The molecule has 2 aliphatic heterocycles. The minimum atomic E-state index is -0.921. The van der Waals surface area contributed by atoms with E-state index in [0.717, 1.165) is 51.4 Å². The van der Waals surface area contributed by atoms with Gasteiger partial charge in [-0.25, -0.2) is 29.5 Å². The Morgan fingerprint density at radius 3 is 1.43 bits per heavy atom. The van der Waals surface area contributed by atoms with Crippen LogP contribution in [0.25, 0.3) is 22.1 Å². The van der Waals surface area contributed by atoms with Gasteiger partial charge in [0.2, 0.25) is 0 Å². The van der Waals surface area contributed by atoms with Crippen LogP contribution in [-0.4, -0.2) is 161 Å². The first kappa shape index (κ1) is 74.6. The highest BCUT2D eigenvalue weighted by atomic mass is 35.5. The Morgan fingerprint density at radius 1 is 0.629 bits per heavy atom. The summed E-state index contributed by atoms with van der Waals surface area (Å²) in [5.41, 5.74) is 0.770. The standard InChI is InChI=1S/C21H26ClN3O6.2C20H32O4.C16H18ClN3O4.CH4.ClH.10H2/c1-11-15(10-25(16(11)19(26)29-6)20(27)31-21(2,3)4)30-18-17(22)23-13-8-7-12(28-5)9-14(13)24-18;2*1-5-6-7-8-15-13-9-10-14(11-13)18(15)24-17(21)12-16(19(22)23)20(2,3)4;1-8-12(7-18-13(8)16(21)23-3)24-15-14(17)19-10-5-4-9(22-2)6-11(10)20-15;;;;;;;;;;;;/h7-9,11,15-16H,10H2,1-6H3;2*5,13-16,18H,1,6-12H2,2-4H3,(H,22,23);4-6,8,12-13,18H,7H2,1-3H3;1H4;11*1H/t11-,15+,16+;13-,14+,15-,16+,18-;13-,14+,15-,16-,18-;8-,12+,13+;;;;;;;;;;;;/m1011............/s1/i;;;;;;9*1+1D;1+1. The van der Waals surface area contributed by atoms with Crippen molar-refractivity contribution >= 4 is 99.6 Å². The van der Waals surface area contributed by atoms with E-state index in [4.69, 9.17) is 92.6 Å². The summed E-state index contributed by atoms with van der Waals surface area (Å²) in [6.07, 6.45) is 15.8. The minimum absolute atomic E-state index is 0. The number of methoxy groups -OCH3 is 4. The van der Waals surface area contributed by atoms with Crippen LogP contribution in [0.5, 0.6) is 23.3 Å². The van der Waals surface area contributed by atoms with Crippen LogP contribution in [0.2, 0.25) is 10.3 Å². The number of esters is 4. The van der Waals surface area contributed by atoms with Crippen molar-refractivity contribution in [3.8, 4) is 23.3 Å². The molecule has 4 bridgehead atoms. The number of aliphatic carboxylic acids is 2. The van der Waals surface area contributed by atoms with Crippen molar-refractivity contribution in [1.29, 1.82) is 0 Å². The molecule has 0 spiro atoms. The Bertz CT molecular complexity index is 3630. The number of fused-ring (bicyclic) bond motifs is 6. The molecule has 105 heavy (non-hydrogen) atoms. The lowest BCUT2D eigenvalue weighted by Gasteiger charge is -2.32. The number of ether oxygens (including phenoxy) is 9. The largest absolute Gasteiger partial charge is 0.497 e. The van der Waals surface area contributed by atoms with Gasteiger partial charge in [0, 0.05) is 58.7 Å². The molecule has 604 valence electrons. The van der Waals surface area contributed by atoms with Crippen LogP contribution in [0.15, 0.2) is 61.7 Å². The number of benzene rings is 2. The molecule has 1 amide bonds. The summed E-state index contributed by atoms with van der Waals surface area (Å²) in [5.74, 6) is -0.455. The van der Waals surface area contributed by atoms with Gasteiger partial charge in [-0.1, -0.05) is 98.2 Å². The lowest BCUT2D eigenvalue weighted by molar-refractivity contribution is -0.162. The number of carbonyl (C=O) groups is 7. The summed E-state index contributed by atoms with van der Waals surface area (Å²) in [6, 6.07) is 9.28. The van der Waals surface area contributed by atoms with Crippen molar-refractivity contribution in [2.75, 3.05) is 41.5 Å². The van der Waals surface area contributed by atoms with Crippen LogP contribution < -0.4 is 24.3 Å². The number of allylic oxidation sites excluding steroid dienone is 2. The molecule has 24 nitrogen and oxygen atoms in total. The number of hydrogen-bond acceptors (Lipinski definition) is 21. The molecule has 6 aliphatic rings. The van der Waals surface area contributed by atoms with Crippen molar-refractivity contribution < 1.29 is 115 Å². The fraction of sp³-hybridized carbons (Fsp3) is 0.654. The molecule has 4 heterocycles. The predicted octanol–water partition coefficient (Wildman–Crippen LogP) is 17.7. The number of nitrogens with zero attached hydrogens (tertiary/aromatic N) is 5. The third kappa shape index (κ3) is 23.4. The highest BCUT2D eigenvalue weighted by Gasteiger charge is 2.52. The Kier molecular flexibility index (Phi) is 27.7. The molecular weight excluding hydrogens is 1420 g/mol. The highest BCUT2D eigenvalue weighted by Crippen LogP contribution is 2.53. The van der Waals surface area contributed by atoms with E-state index >= 15 is 0 Å². The summed E-state index contributed by atoms with van der Waals surface area (Å²) in [4.78, 5) is 103. The van der Waals surface area contributed by atoms with Gasteiger partial charge < -0.3 is 58.2 Å².